The summed E-state index contributed by atoms with van der Waals surface area (Å²) in [7, 11) is 1.71. The van der Waals surface area contributed by atoms with E-state index in [-0.39, 0.29) is 5.41 Å². The molecular formula is C13H19NO2. The molecule has 1 aromatic rings. The fourth-order valence-corrected chi connectivity index (χ4v) is 2.14. The van der Waals surface area contributed by atoms with E-state index in [0.717, 1.165) is 25.4 Å². The maximum absolute atomic E-state index is 5.85. The van der Waals surface area contributed by atoms with Gasteiger partial charge in [-0.3, -0.25) is 0 Å². The first-order chi connectivity index (χ1) is 7.75. The Morgan fingerprint density at radius 1 is 1.44 bits per heavy atom. The minimum absolute atomic E-state index is 0.0379. The number of hydrogen-bond acceptors (Lipinski definition) is 3. The van der Waals surface area contributed by atoms with Gasteiger partial charge >= 0.3 is 0 Å². The van der Waals surface area contributed by atoms with Gasteiger partial charge < -0.3 is 15.2 Å². The molecule has 88 valence electrons. The lowest BCUT2D eigenvalue weighted by Crippen LogP contribution is -2.52. The van der Waals surface area contributed by atoms with Crippen molar-refractivity contribution in [2.45, 2.75) is 18.8 Å². The van der Waals surface area contributed by atoms with Crippen LogP contribution in [0.5, 0.6) is 5.75 Å². The van der Waals surface area contributed by atoms with Crippen LogP contribution in [-0.2, 0) is 16.6 Å². The van der Waals surface area contributed by atoms with Crippen molar-refractivity contribution in [3.63, 3.8) is 0 Å². The monoisotopic (exact) mass is 221 g/mol. The largest absolute Gasteiger partial charge is 0.496 e. The van der Waals surface area contributed by atoms with Gasteiger partial charge in [-0.2, -0.15) is 0 Å². The van der Waals surface area contributed by atoms with Crippen molar-refractivity contribution in [2.24, 2.45) is 5.73 Å². The molecule has 0 bridgehead atoms. The summed E-state index contributed by atoms with van der Waals surface area (Å²) in [5.41, 5.74) is 8.40. The molecule has 16 heavy (non-hydrogen) atoms. The van der Waals surface area contributed by atoms with Crippen LogP contribution in [0.2, 0.25) is 0 Å². The predicted octanol–water partition coefficient (Wildman–Crippen LogP) is 1.48. The van der Waals surface area contributed by atoms with Gasteiger partial charge in [0.25, 0.3) is 0 Å². The third kappa shape index (κ3) is 1.70. The van der Waals surface area contributed by atoms with Gasteiger partial charge in [0.1, 0.15) is 5.75 Å². The average Bonchev–Trinajstić information content (AvgIpc) is 2.28. The van der Waals surface area contributed by atoms with E-state index in [0.29, 0.717) is 6.54 Å². The lowest BCUT2D eigenvalue weighted by Gasteiger charge is -2.41. The Labute approximate surface area is 96.5 Å². The molecule has 2 rings (SSSR count). The Hall–Kier alpha value is -1.06. The second-order valence-corrected chi connectivity index (χ2v) is 4.36. The van der Waals surface area contributed by atoms with Gasteiger partial charge in [-0.25, -0.2) is 0 Å². The van der Waals surface area contributed by atoms with E-state index in [1.54, 1.807) is 7.11 Å². The van der Waals surface area contributed by atoms with Crippen LogP contribution in [0.1, 0.15) is 18.1 Å². The quantitative estimate of drug-likeness (QED) is 0.837. The number of ether oxygens (including phenoxy) is 2. The molecule has 1 fully saturated rings. The first-order valence-corrected chi connectivity index (χ1v) is 5.71. The van der Waals surface area contributed by atoms with Crippen LogP contribution in [-0.4, -0.2) is 26.9 Å². The first kappa shape index (κ1) is 11.4. The van der Waals surface area contributed by atoms with E-state index in [2.05, 4.69) is 19.1 Å². The van der Waals surface area contributed by atoms with Crippen molar-refractivity contribution in [1.82, 2.24) is 0 Å². The molecule has 2 N–H and O–H groups in total. The molecule has 0 unspecified atom stereocenters. The van der Waals surface area contributed by atoms with Crippen molar-refractivity contribution in [3.8, 4) is 5.75 Å². The highest BCUT2D eigenvalue weighted by atomic mass is 16.5. The molecule has 0 atom stereocenters. The number of rotatable bonds is 4. The molecular weight excluding hydrogens is 202 g/mol. The summed E-state index contributed by atoms with van der Waals surface area (Å²) in [5.74, 6) is 0.957. The number of hydrogen-bond donors (Lipinski definition) is 1. The average molecular weight is 221 g/mol. The predicted molar refractivity (Wildman–Crippen MR) is 63.9 cm³/mol. The fraction of sp³-hybridized carbons (Fsp3) is 0.538. The second-order valence-electron chi connectivity index (χ2n) is 4.36. The molecule has 1 saturated heterocycles. The molecule has 0 aliphatic carbocycles. The second kappa shape index (κ2) is 4.44. The van der Waals surface area contributed by atoms with Crippen molar-refractivity contribution in [1.29, 1.82) is 0 Å². The fourth-order valence-electron chi connectivity index (χ4n) is 2.14. The van der Waals surface area contributed by atoms with Gasteiger partial charge in [-0.15, -0.1) is 0 Å². The third-order valence-corrected chi connectivity index (χ3v) is 3.42. The van der Waals surface area contributed by atoms with Gasteiger partial charge in [0.15, 0.2) is 0 Å². The molecule has 0 aromatic heterocycles. The number of benzene rings is 1. The normalized spacial score (nSPS) is 17.9. The summed E-state index contributed by atoms with van der Waals surface area (Å²) in [6.45, 7) is 4.24. The smallest absolute Gasteiger partial charge is 0.122 e. The lowest BCUT2D eigenvalue weighted by atomic mass is 9.78. The van der Waals surface area contributed by atoms with Gasteiger partial charge in [-0.05, 0) is 23.6 Å². The van der Waals surface area contributed by atoms with Crippen LogP contribution >= 0.6 is 0 Å². The maximum Gasteiger partial charge on any atom is 0.122 e. The molecule has 1 aliphatic rings. The summed E-state index contributed by atoms with van der Waals surface area (Å²) in [4.78, 5) is 0. The number of methoxy groups -OCH3 is 1. The van der Waals surface area contributed by atoms with Crippen molar-refractivity contribution in [2.75, 3.05) is 26.9 Å². The van der Waals surface area contributed by atoms with Crippen LogP contribution in [0.25, 0.3) is 0 Å². The molecule has 0 amide bonds. The molecule has 0 saturated carbocycles. The topological polar surface area (TPSA) is 44.5 Å². The Morgan fingerprint density at radius 3 is 2.62 bits per heavy atom. The van der Waals surface area contributed by atoms with Crippen LogP contribution in [0.3, 0.4) is 0 Å². The molecule has 1 heterocycles. The van der Waals surface area contributed by atoms with Gasteiger partial charge in [0, 0.05) is 6.54 Å². The Morgan fingerprint density at radius 2 is 2.19 bits per heavy atom. The maximum atomic E-state index is 5.85. The summed E-state index contributed by atoms with van der Waals surface area (Å²) < 4.78 is 10.6. The summed E-state index contributed by atoms with van der Waals surface area (Å²) in [6, 6.07) is 6.34. The van der Waals surface area contributed by atoms with Crippen LogP contribution in [0.15, 0.2) is 18.2 Å². The zero-order chi connectivity index (χ0) is 11.6. The third-order valence-electron chi connectivity index (χ3n) is 3.42. The van der Waals surface area contributed by atoms with Crippen LogP contribution in [0.4, 0.5) is 0 Å². The SMILES string of the molecule is CCc1cc(C2(CN)COC2)ccc1OC. The summed E-state index contributed by atoms with van der Waals surface area (Å²) >= 11 is 0. The molecule has 3 heteroatoms. The van der Waals surface area contributed by atoms with Gasteiger partial charge in [0.2, 0.25) is 0 Å². The van der Waals surface area contributed by atoms with Crippen molar-refractivity contribution in [3.05, 3.63) is 29.3 Å². The van der Waals surface area contributed by atoms with E-state index < -0.39 is 0 Å². The van der Waals surface area contributed by atoms with Crippen LogP contribution < -0.4 is 10.5 Å². The summed E-state index contributed by atoms with van der Waals surface area (Å²) in [5, 5.41) is 0. The Kier molecular flexibility index (Phi) is 3.17. The van der Waals surface area contributed by atoms with E-state index >= 15 is 0 Å². The van der Waals surface area contributed by atoms with E-state index in [1.807, 2.05) is 6.07 Å². The molecule has 1 aliphatic heterocycles. The zero-order valence-corrected chi connectivity index (χ0v) is 9.95. The van der Waals surface area contributed by atoms with E-state index in [4.69, 9.17) is 15.2 Å². The molecule has 0 spiro atoms. The lowest BCUT2D eigenvalue weighted by molar-refractivity contribution is -0.0550. The Bertz CT molecular complexity index is 367. The molecule has 1 aromatic carbocycles. The zero-order valence-electron chi connectivity index (χ0n) is 9.95. The highest BCUT2D eigenvalue weighted by Crippen LogP contribution is 2.34. The van der Waals surface area contributed by atoms with Crippen molar-refractivity contribution < 1.29 is 9.47 Å². The van der Waals surface area contributed by atoms with E-state index in [1.165, 1.54) is 11.1 Å². The van der Waals surface area contributed by atoms with E-state index in [9.17, 15) is 0 Å². The highest BCUT2D eigenvalue weighted by Gasteiger charge is 2.39. The molecule has 0 radical (unpaired) electrons. The molecule has 3 nitrogen and oxygen atoms in total. The van der Waals surface area contributed by atoms with Crippen LogP contribution in [0, 0.1) is 0 Å². The summed E-state index contributed by atoms with van der Waals surface area (Å²) in [6.07, 6.45) is 0.971. The number of aryl methyl sites for hydroxylation is 1. The standard InChI is InChI=1S/C13H19NO2/c1-3-10-6-11(4-5-12(10)15-2)13(7-14)8-16-9-13/h4-6H,3,7-9,14H2,1-2H3. The Balaban J connectivity index is 2.35. The number of nitrogens with two attached hydrogens (primary N) is 1. The van der Waals surface area contributed by atoms with Gasteiger partial charge in [-0.1, -0.05) is 19.1 Å². The minimum atomic E-state index is 0.0379. The minimum Gasteiger partial charge on any atom is -0.496 e. The highest BCUT2D eigenvalue weighted by molar-refractivity contribution is 5.41. The first-order valence-electron chi connectivity index (χ1n) is 5.71. The van der Waals surface area contributed by atoms with Gasteiger partial charge in [0.05, 0.1) is 25.7 Å². The van der Waals surface area contributed by atoms with Crippen molar-refractivity contribution >= 4 is 0 Å².